The van der Waals surface area contributed by atoms with Crippen LogP contribution in [0.3, 0.4) is 0 Å². The molecule has 9 nitrogen and oxygen atoms in total. The number of nitrogens with zero attached hydrogens (tertiary/aromatic N) is 9. The van der Waals surface area contributed by atoms with Crippen molar-refractivity contribution in [1.82, 2.24) is 0 Å². The monoisotopic (exact) mass is 404 g/mol. The summed E-state index contributed by atoms with van der Waals surface area (Å²) in [4.78, 5) is 3.56. The molecule has 0 atom stereocenters. The predicted octanol–water partition coefficient (Wildman–Crippen LogP) is 0.146. The second-order valence-corrected chi connectivity index (χ2v) is 13.7. The Morgan fingerprint density at radius 2 is 0.450 bits per heavy atom. The molecule has 0 amide bonds. The van der Waals surface area contributed by atoms with Gasteiger partial charge in [0.05, 0.1) is 0 Å². The number of rotatable bonds is 0. The van der Waals surface area contributed by atoms with Crippen molar-refractivity contribution in [3.05, 3.63) is 0 Å². The Bertz CT molecular complexity index is 755. The summed E-state index contributed by atoms with van der Waals surface area (Å²) in [6, 6.07) is 0. The first-order valence-electron chi connectivity index (χ1n) is 3.37. The van der Waals surface area contributed by atoms with E-state index < -0.39 is 7.57 Å². The van der Waals surface area contributed by atoms with E-state index in [1.54, 1.807) is 0 Å². The van der Waals surface area contributed by atoms with Crippen molar-refractivity contribution >= 4 is 0 Å². The molecule has 1 radical (unpaired) electrons. The molecule has 0 spiro atoms. The summed E-state index contributed by atoms with van der Waals surface area (Å²) < 4.78 is 0. The summed E-state index contributed by atoms with van der Waals surface area (Å²) in [6.45, 7) is 0. The molecule has 0 aromatic rings. The van der Waals surface area contributed by atoms with Crippen LogP contribution in [0, 0.1) is 92.1 Å². The maximum atomic E-state index is 9.25. The van der Waals surface area contributed by atoms with Crippen LogP contribution < -0.4 is 0 Å². The summed E-state index contributed by atoms with van der Waals surface area (Å²) in [7, 11) is -9.85. The molecule has 0 unspecified atom stereocenters. The third kappa shape index (κ3) is 0.581. The second kappa shape index (κ2) is 1.94. The van der Waals surface area contributed by atoms with Gasteiger partial charge in [0, 0.05) is 22.4 Å². The van der Waals surface area contributed by atoms with Crippen LogP contribution in [-0.4, -0.2) is 0 Å². The molecule has 0 aromatic heterocycles. The van der Waals surface area contributed by atoms with Crippen LogP contribution in [0.25, 0.3) is 0 Å². The minimum absolute atomic E-state index is 0. The zero-order chi connectivity index (χ0) is 15.7. The van der Waals surface area contributed by atoms with Crippen LogP contribution in [-0.2, 0) is 29.9 Å². The molecule has 0 heterocycles. The maximum absolute atomic E-state index is 9.85. The van der Waals surface area contributed by atoms with Crippen molar-refractivity contribution < 1.29 is 29.9 Å². The van der Waals surface area contributed by atoms with E-state index in [0.29, 0.717) is 44.7 Å². The minimum atomic E-state index is -9.85. The largest absolute Gasteiger partial charge is 0 e. The van der Waals surface area contributed by atoms with Gasteiger partial charge in [0.25, 0.3) is 0 Å². The number of hydrogen-bond donors (Lipinski definition) is 0. The minimum Gasteiger partial charge on any atom is 0 e. The van der Waals surface area contributed by atoms with Gasteiger partial charge in [0.1, 0.15) is 0 Å². The summed E-state index contributed by atoms with van der Waals surface area (Å²) in [6.07, 6.45) is 0. The van der Waals surface area contributed by atoms with E-state index in [9.17, 15) is 47.4 Å². The second-order valence-electron chi connectivity index (χ2n) is 3.32. The van der Waals surface area contributed by atoms with Gasteiger partial charge in [-0.2, -0.15) is 0 Å². The van der Waals surface area contributed by atoms with Gasteiger partial charge in [0.15, 0.2) is 0 Å². The van der Waals surface area contributed by atoms with Crippen LogP contribution in [0.5, 0.6) is 0 Å². The van der Waals surface area contributed by atoms with E-state index in [1.807, 2.05) is 0 Å². The molecule has 0 aliphatic heterocycles. The molecule has 0 rings (SSSR count). The molecule has 20 heavy (non-hydrogen) atoms. The Kier molecular flexibility index (Phi) is 1.85. The summed E-state index contributed by atoms with van der Waals surface area (Å²) in [5, 5.41) is 83.2. The maximum Gasteiger partial charge on any atom is 0 e. The fourth-order valence-electron chi connectivity index (χ4n) is 0.543. The van der Waals surface area contributed by atoms with Crippen molar-refractivity contribution in [3.63, 3.8) is 0 Å². The van der Waals surface area contributed by atoms with E-state index in [1.165, 1.54) is 0 Å². The summed E-state index contributed by atoms with van der Waals surface area (Å²) >= 11 is 0. The molecule has 0 aliphatic rings. The first-order valence-corrected chi connectivity index (χ1v) is 7.61. The van der Waals surface area contributed by atoms with Crippen LogP contribution in [0.1, 0.15) is 0 Å². The molecule has 0 aromatic carbocycles. The summed E-state index contributed by atoms with van der Waals surface area (Å²) in [5.74, 6) is 0. The Hall–Kier alpha value is -3.33. The van der Waals surface area contributed by atoms with Crippen molar-refractivity contribution in [3.8, 4) is 44.7 Å². The molecule has 0 saturated heterocycles. The van der Waals surface area contributed by atoms with Crippen molar-refractivity contribution in [2.75, 3.05) is 0 Å². The predicted molar refractivity (Wildman–Crippen MR) is 50.5 cm³/mol. The van der Waals surface area contributed by atoms with Crippen molar-refractivity contribution in [2.45, 2.75) is 0 Å². The molecule has 0 saturated carbocycles. The first kappa shape index (κ1) is 19.0. The van der Waals surface area contributed by atoms with Crippen LogP contribution in [0.4, 0.5) is 0 Å². The van der Waals surface area contributed by atoms with Crippen LogP contribution in [0.15, 0.2) is 0 Å². The SMILES string of the molecule is N#[C][Cu]([C]#N)([C]#N)([C]#N)([C]#N)([C]#N)([C]#N)([C]#N)[C]#N.[Ag]. The van der Waals surface area contributed by atoms with Gasteiger partial charge < -0.3 is 0 Å². The normalized spacial score (nSPS) is 18.4. The van der Waals surface area contributed by atoms with E-state index >= 15 is 0 Å². The molecule has 0 bridgehead atoms. The van der Waals surface area contributed by atoms with Crippen molar-refractivity contribution in [2.24, 2.45) is 0 Å². The van der Waals surface area contributed by atoms with Gasteiger partial charge in [-0.1, -0.05) is 0 Å². The van der Waals surface area contributed by atoms with E-state index in [0.717, 1.165) is 0 Å². The zero-order valence-corrected chi connectivity index (χ0v) is 11.6. The molecule has 0 aliphatic carbocycles. The van der Waals surface area contributed by atoms with E-state index in [-0.39, 0.29) is 22.4 Å². The van der Waals surface area contributed by atoms with Gasteiger partial charge >= 0.3 is 99.6 Å². The van der Waals surface area contributed by atoms with Gasteiger partial charge in [-0.3, -0.25) is 0 Å². The molecular formula is C9AgCuN9. The third-order valence-corrected chi connectivity index (χ3v) is 10.0. The Morgan fingerprint density at radius 1 is 0.350 bits per heavy atom. The molecular weight excluding hydrogens is 406 g/mol. The average Bonchev–Trinajstić information content (AvgIpc) is 2.57. The number of hydrogen-bond acceptors (Lipinski definition) is 9. The standard InChI is InChI=1S/9CN.Ag.Cu/c9*1-2;;. The smallest absolute Gasteiger partial charge is 0 e. The van der Waals surface area contributed by atoms with Crippen LogP contribution in [0.2, 0.25) is 0 Å². The first-order chi connectivity index (χ1) is 8.49. The van der Waals surface area contributed by atoms with Gasteiger partial charge in [0.2, 0.25) is 0 Å². The fourth-order valence-corrected chi connectivity index (χ4v) is 2.24. The third-order valence-electron chi connectivity index (χ3n) is 2.43. The van der Waals surface area contributed by atoms with Crippen molar-refractivity contribution in [1.29, 1.82) is 47.4 Å². The molecule has 11 heteroatoms. The summed E-state index contributed by atoms with van der Waals surface area (Å²) in [5.41, 5.74) is 0. The zero-order valence-electron chi connectivity index (χ0n) is 9.13. The molecule has 0 N–H and O–H groups in total. The van der Waals surface area contributed by atoms with E-state index in [2.05, 4.69) is 0 Å². The number of nitriles is 9. The van der Waals surface area contributed by atoms with E-state index in [4.69, 9.17) is 0 Å². The quantitative estimate of drug-likeness (QED) is 0.500. The Balaban J connectivity index is 0. The average molecular weight is 406 g/mol. The Labute approximate surface area is 122 Å². The topological polar surface area (TPSA) is 214 Å². The van der Waals surface area contributed by atoms with Gasteiger partial charge in [-0.25, -0.2) is 0 Å². The molecule has 103 valence electrons. The Morgan fingerprint density at radius 3 is 0.450 bits per heavy atom. The van der Waals surface area contributed by atoms with Crippen LogP contribution >= 0.6 is 0 Å². The van der Waals surface area contributed by atoms with Gasteiger partial charge in [-0.05, 0) is 0 Å². The van der Waals surface area contributed by atoms with Gasteiger partial charge in [-0.15, -0.1) is 0 Å². The fraction of sp³-hybridized carbons (Fsp3) is 0. The molecule has 0 fully saturated rings.